The van der Waals surface area contributed by atoms with E-state index in [1.165, 1.54) is 17.5 Å². The van der Waals surface area contributed by atoms with Gasteiger partial charge in [0.05, 0.1) is 0 Å². The van der Waals surface area contributed by atoms with Crippen molar-refractivity contribution in [1.82, 2.24) is 15.2 Å². The van der Waals surface area contributed by atoms with Crippen molar-refractivity contribution >= 4 is 16.8 Å². The van der Waals surface area contributed by atoms with Crippen molar-refractivity contribution in [2.45, 2.75) is 51.1 Å². The van der Waals surface area contributed by atoms with E-state index in [2.05, 4.69) is 114 Å². The Kier molecular flexibility index (Phi) is 7.01. The number of rotatable bonds is 8. The summed E-state index contributed by atoms with van der Waals surface area (Å²) in [5.74, 6) is -0.0329. The highest BCUT2D eigenvalue weighted by atomic mass is 16.1. The van der Waals surface area contributed by atoms with Gasteiger partial charge in [0.2, 0.25) is 0 Å². The molecule has 0 spiro atoms. The molecule has 35 heavy (non-hydrogen) atoms. The average Bonchev–Trinajstić information content (AvgIpc) is 3.56. The predicted octanol–water partition coefficient (Wildman–Crippen LogP) is 6.27. The molecule has 0 bridgehead atoms. The lowest BCUT2D eigenvalue weighted by Gasteiger charge is -2.26. The fraction of sp³-hybridized carbons (Fsp3) is 0.323. The van der Waals surface area contributed by atoms with Crippen LogP contribution in [0.1, 0.15) is 72.2 Å². The van der Waals surface area contributed by atoms with Crippen molar-refractivity contribution in [2.24, 2.45) is 0 Å². The molecular formula is C31H35N3O. The van der Waals surface area contributed by atoms with Crippen molar-refractivity contribution in [3.8, 4) is 0 Å². The van der Waals surface area contributed by atoms with E-state index in [4.69, 9.17) is 0 Å². The Morgan fingerprint density at radius 2 is 1.60 bits per heavy atom. The van der Waals surface area contributed by atoms with Crippen LogP contribution >= 0.6 is 0 Å². The molecule has 4 heteroatoms. The third kappa shape index (κ3) is 4.51. The minimum absolute atomic E-state index is 0.0137. The molecule has 1 amide bonds. The van der Waals surface area contributed by atoms with Crippen molar-refractivity contribution in [3.63, 3.8) is 0 Å². The van der Waals surface area contributed by atoms with Crippen LogP contribution in [-0.2, 0) is 0 Å². The van der Waals surface area contributed by atoms with Gasteiger partial charge < -0.3 is 15.2 Å². The van der Waals surface area contributed by atoms with E-state index in [1.54, 1.807) is 0 Å². The van der Waals surface area contributed by atoms with Gasteiger partial charge in [-0.2, -0.15) is 0 Å². The Bertz CT molecular complexity index is 1230. The number of para-hydroxylation sites is 1. The number of aromatic nitrogens is 1. The van der Waals surface area contributed by atoms with E-state index in [1.807, 2.05) is 0 Å². The first-order valence-corrected chi connectivity index (χ1v) is 12.9. The van der Waals surface area contributed by atoms with Crippen molar-refractivity contribution < 1.29 is 4.79 Å². The van der Waals surface area contributed by atoms with Crippen LogP contribution in [0.3, 0.4) is 0 Å². The number of nitrogens with zero attached hydrogens (tertiary/aromatic N) is 1. The zero-order valence-corrected chi connectivity index (χ0v) is 20.7. The van der Waals surface area contributed by atoms with E-state index >= 15 is 0 Å². The van der Waals surface area contributed by atoms with E-state index in [0.29, 0.717) is 12.6 Å². The van der Waals surface area contributed by atoms with E-state index in [9.17, 15) is 4.79 Å². The van der Waals surface area contributed by atoms with Gasteiger partial charge in [-0.05, 0) is 49.9 Å². The van der Waals surface area contributed by atoms with Gasteiger partial charge in [-0.3, -0.25) is 4.79 Å². The lowest BCUT2D eigenvalue weighted by atomic mass is 9.83. The second-order valence-electron chi connectivity index (χ2n) is 9.60. The SMILES string of the molecule is CCCNC(=O)c1c(C(c2ccccc2)c2ccccc2)c2ccccc2n1C(C)C1CCCN1. The number of amides is 1. The molecule has 1 fully saturated rings. The zero-order valence-electron chi connectivity index (χ0n) is 20.7. The topological polar surface area (TPSA) is 46.1 Å². The van der Waals surface area contributed by atoms with Gasteiger partial charge in [0.15, 0.2) is 0 Å². The molecule has 2 atom stereocenters. The summed E-state index contributed by atoms with van der Waals surface area (Å²) in [6.07, 6.45) is 3.21. The maximum Gasteiger partial charge on any atom is 0.268 e. The standard InChI is InChI=1S/C31H35N3O/c1-3-20-33-31(35)30-29(28(23-13-6-4-7-14-23)24-15-8-5-9-16-24)25-17-10-11-19-27(25)34(30)22(2)26-18-12-21-32-26/h4-11,13-17,19,22,26,28,32H,3,12,18,20-21H2,1-2H3,(H,33,35). The lowest BCUT2D eigenvalue weighted by Crippen LogP contribution is -2.35. The van der Waals surface area contributed by atoms with E-state index in [-0.39, 0.29) is 17.9 Å². The van der Waals surface area contributed by atoms with Crippen LogP contribution in [0.5, 0.6) is 0 Å². The predicted molar refractivity (Wildman–Crippen MR) is 144 cm³/mol. The van der Waals surface area contributed by atoms with Gasteiger partial charge in [-0.25, -0.2) is 0 Å². The molecule has 3 aromatic carbocycles. The summed E-state index contributed by atoms with van der Waals surface area (Å²) in [5, 5.41) is 8.04. The largest absolute Gasteiger partial charge is 0.351 e. The van der Waals surface area contributed by atoms with Gasteiger partial charge in [0.1, 0.15) is 5.69 Å². The summed E-state index contributed by atoms with van der Waals surface area (Å²) in [7, 11) is 0. The molecule has 1 aromatic heterocycles. The van der Waals surface area contributed by atoms with E-state index < -0.39 is 0 Å². The molecule has 1 aliphatic heterocycles. The zero-order chi connectivity index (χ0) is 24.2. The number of carbonyl (C=O) groups is 1. The Hall–Kier alpha value is -3.37. The first-order valence-electron chi connectivity index (χ1n) is 12.9. The van der Waals surface area contributed by atoms with E-state index in [0.717, 1.165) is 41.5 Å². The van der Waals surface area contributed by atoms with Crippen molar-refractivity contribution in [2.75, 3.05) is 13.1 Å². The monoisotopic (exact) mass is 465 g/mol. The summed E-state index contributed by atoms with van der Waals surface area (Å²) in [5.41, 5.74) is 5.40. The van der Waals surface area contributed by atoms with Gasteiger partial charge in [-0.15, -0.1) is 0 Å². The molecule has 2 heterocycles. The molecule has 4 nitrogen and oxygen atoms in total. The quantitative estimate of drug-likeness (QED) is 0.322. The first-order chi connectivity index (χ1) is 17.2. The molecule has 2 N–H and O–H groups in total. The van der Waals surface area contributed by atoms with Gasteiger partial charge >= 0.3 is 0 Å². The van der Waals surface area contributed by atoms with Crippen molar-refractivity contribution in [3.05, 3.63) is 107 Å². The summed E-state index contributed by atoms with van der Waals surface area (Å²) in [6, 6.07) is 30.2. The number of hydrogen-bond acceptors (Lipinski definition) is 2. The molecule has 180 valence electrons. The minimum atomic E-state index is -0.0466. The molecule has 0 saturated carbocycles. The van der Waals surface area contributed by atoms with Gasteiger partial charge in [0.25, 0.3) is 5.91 Å². The molecule has 1 saturated heterocycles. The normalized spacial score (nSPS) is 16.6. The third-order valence-electron chi connectivity index (χ3n) is 7.34. The lowest BCUT2D eigenvalue weighted by molar-refractivity contribution is 0.0941. The third-order valence-corrected chi connectivity index (χ3v) is 7.34. The Morgan fingerprint density at radius 1 is 0.971 bits per heavy atom. The molecule has 2 unspecified atom stereocenters. The van der Waals surface area contributed by atoms with Crippen LogP contribution < -0.4 is 10.6 Å². The molecule has 5 rings (SSSR count). The van der Waals surface area contributed by atoms with Crippen LogP contribution in [0.4, 0.5) is 0 Å². The maximum absolute atomic E-state index is 13.9. The molecule has 4 aromatic rings. The fourth-order valence-electron chi connectivity index (χ4n) is 5.68. The van der Waals surface area contributed by atoms with Crippen LogP contribution in [0, 0.1) is 0 Å². The molecule has 0 radical (unpaired) electrons. The van der Waals surface area contributed by atoms with Gasteiger partial charge in [-0.1, -0.05) is 85.8 Å². The first kappa shape index (κ1) is 23.4. The highest BCUT2D eigenvalue weighted by Crippen LogP contribution is 2.42. The van der Waals surface area contributed by atoms with Gasteiger partial charge in [0, 0.05) is 41.0 Å². The average molecular weight is 466 g/mol. The second kappa shape index (κ2) is 10.5. The highest BCUT2D eigenvalue weighted by Gasteiger charge is 2.33. The number of nitrogens with one attached hydrogen (secondary N) is 2. The summed E-state index contributed by atoms with van der Waals surface area (Å²) in [4.78, 5) is 13.9. The Labute approximate surface area is 208 Å². The minimum Gasteiger partial charge on any atom is -0.351 e. The summed E-state index contributed by atoms with van der Waals surface area (Å²) < 4.78 is 2.32. The summed E-state index contributed by atoms with van der Waals surface area (Å²) in [6.45, 7) is 6.06. The number of carbonyl (C=O) groups excluding carboxylic acids is 1. The van der Waals surface area contributed by atoms with Crippen LogP contribution in [0.15, 0.2) is 84.9 Å². The summed E-state index contributed by atoms with van der Waals surface area (Å²) >= 11 is 0. The maximum atomic E-state index is 13.9. The smallest absolute Gasteiger partial charge is 0.268 e. The number of hydrogen-bond donors (Lipinski definition) is 2. The van der Waals surface area contributed by atoms with Crippen LogP contribution in [0.2, 0.25) is 0 Å². The van der Waals surface area contributed by atoms with Crippen LogP contribution in [-0.4, -0.2) is 29.6 Å². The number of benzene rings is 3. The Balaban J connectivity index is 1.81. The molecular weight excluding hydrogens is 430 g/mol. The Morgan fingerprint density at radius 3 is 2.20 bits per heavy atom. The fourth-order valence-corrected chi connectivity index (χ4v) is 5.68. The molecule has 1 aliphatic rings. The van der Waals surface area contributed by atoms with Crippen molar-refractivity contribution in [1.29, 1.82) is 0 Å². The van der Waals surface area contributed by atoms with Crippen LogP contribution in [0.25, 0.3) is 10.9 Å². The second-order valence-corrected chi connectivity index (χ2v) is 9.60. The number of fused-ring (bicyclic) bond motifs is 1. The highest BCUT2D eigenvalue weighted by molar-refractivity contribution is 6.03. The molecule has 0 aliphatic carbocycles.